The second-order valence-electron chi connectivity index (χ2n) is 5.61. The maximum absolute atomic E-state index is 6.10. The highest BCUT2D eigenvalue weighted by Gasteiger charge is 2.51. The van der Waals surface area contributed by atoms with Crippen LogP contribution < -0.4 is 10.8 Å². The molecule has 0 atom stereocenters. The summed E-state index contributed by atoms with van der Waals surface area (Å²) in [4.78, 5) is 0. The summed E-state index contributed by atoms with van der Waals surface area (Å²) in [6.07, 6.45) is 0. The molecule has 1 aliphatic heterocycles. The zero-order chi connectivity index (χ0) is 13.6. The maximum atomic E-state index is 6.10. The molecule has 5 heteroatoms. The fourth-order valence-corrected chi connectivity index (χ4v) is 2.12. The number of anilines is 1. The van der Waals surface area contributed by atoms with Crippen molar-refractivity contribution in [1.82, 2.24) is 0 Å². The lowest BCUT2D eigenvalue weighted by Crippen LogP contribution is -2.41. The van der Waals surface area contributed by atoms with E-state index in [2.05, 4.69) is 5.32 Å². The van der Waals surface area contributed by atoms with Gasteiger partial charge in [-0.1, -0.05) is 11.6 Å². The van der Waals surface area contributed by atoms with Crippen LogP contribution in [-0.4, -0.2) is 25.4 Å². The van der Waals surface area contributed by atoms with Crippen molar-refractivity contribution in [2.24, 2.45) is 0 Å². The Morgan fingerprint density at radius 2 is 1.61 bits per heavy atom. The van der Waals surface area contributed by atoms with Gasteiger partial charge < -0.3 is 14.6 Å². The molecule has 98 valence electrons. The van der Waals surface area contributed by atoms with Crippen molar-refractivity contribution < 1.29 is 9.31 Å². The Balaban J connectivity index is 2.32. The molecular weight excluding hydrogens is 248 g/mol. The number of hydrogen-bond acceptors (Lipinski definition) is 3. The van der Waals surface area contributed by atoms with E-state index in [0.717, 1.165) is 11.2 Å². The minimum absolute atomic E-state index is 0.334. The van der Waals surface area contributed by atoms with Crippen LogP contribution in [0.15, 0.2) is 18.2 Å². The molecule has 0 spiro atoms. The SMILES string of the molecule is CNc1cc(Cl)cc(B2OC(C)(C)C(C)(C)O2)c1. The van der Waals surface area contributed by atoms with Crippen molar-refractivity contribution in [1.29, 1.82) is 0 Å². The van der Waals surface area contributed by atoms with Gasteiger partial charge in [-0.05, 0) is 51.4 Å². The average Bonchev–Trinajstić information content (AvgIpc) is 2.47. The smallest absolute Gasteiger partial charge is 0.399 e. The lowest BCUT2D eigenvalue weighted by atomic mass is 9.79. The molecule has 1 heterocycles. The molecule has 0 unspecified atom stereocenters. The van der Waals surface area contributed by atoms with Crippen LogP contribution in [0.2, 0.25) is 5.02 Å². The van der Waals surface area contributed by atoms with E-state index in [4.69, 9.17) is 20.9 Å². The van der Waals surface area contributed by atoms with Gasteiger partial charge in [-0.2, -0.15) is 0 Å². The van der Waals surface area contributed by atoms with Gasteiger partial charge in [-0.15, -0.1) is 0 Å². The summed E-state index contributed by atoms with van der Waals surface area (Å²) in [6.45, 7) is 8.15. The van der Waals surface area contributed by atoms with Gasteiger partial charge in [-0.3, -0.25) is 0 Å². The van der Waals surface area contributed by atoms with E-state index in [1.807, 2.05) is 52.9 Å². The van der Waals surface area contributed by atoms with Crippen molar-refractivity contribution in [3.05, 3.63) is 23.2 Å². The van der Waals surface area contributed by atoms with Crippen LogP contribution in [0.1, 0.15) is 27.7 Å². The number of rotatable bonds is 2. The predicted molar refractivity (Wildman–Crippen MR) is 76.7 cm³/mol. The first-order valence-electron chi connectivity index (χ1n) is 6.09. The fourth-order valence-electron chi connectivity index (χ4n) is 1.87. The second kappa shape index (κ2) is 4.44. The molecule has 18 heavy (non-hydrogen) atoms. The molecule has 1 aromatic carbocycles. The van der Waals surface area contributed by atoms with Crippen LogP contribution in [0.4, 0.5) is 5.69 Å². The largest absolute Gasteiger partial charge is 0.494 e. The van der Waals surface area contributed by atoms with Gasteiger partial charge in [0.25, 0.3) is 0 Å². The Hall–Kier alpha value is -0.705. The Bertz CT molecular complexity index is 446. The van der Waals surface area contributed by atoms with Crippen LogP contribution in [-0.2, 0) is 9.31 Å². The topological polar surface area (TPSA) is 30.5 Å². The van der Waals surface area contributed by atoms with Crippen molar-refractivity contribution in [2.75, 3.05) is 12.4 Å². The molecule has 1 aromatic rings. The van der Waals surface area contributed by atoms with Gasteiger partial charge in [0.05, 0.1) is 11.2 Å². The van der Waals surface area contributed by atoms with E-state index in [1.54, 1.807) is 0 Å². The molecule has 3 nitrogen and oxygen atoms in total. The average molecular weight is 268 g/mol. The van der Waals surface area contributed by atoms with Crippen LogP contribution in [0.25, 0.3) is 0 Å². The van der Waals surface area contributed by atoms with Crippen LogP contribution >= 0.6 is 11.6 Å². The van der Waals surface area contributed by atoms with Gasteiger partial charge >= 0.3 is 7.12 Å². The van der Waals surface area contributed by atoms with Crippen molar-refractivity contribution >= 4 is 29.9 Å². The minimum Gasteiger partial charge on any atom is -0.399 e. The first kappa shape index (κ1) is 13.7. The molecule has 2 rings (SSSR count). The number of benzene rings is 1. The molecule has 0 aliphatic carbocycles. The Labute approximate surface area is 114 Å². The first-order valence-corrected chi connectivity index (χ1v) is 6.47. The first-order chi connectivity index (χ1) is 8.25. The van der Waals surface area contributed by atoms with Crippen LogP contribution in [0.3, 0.4) is 0 Å². The molecule has 1 saturated heterocycles. The van der Waals surface area contributed by atoms with E-state index in [0.29, 0.717) is 5.02 Å². The Morgan fingerprint density at radius 3 is 2.11 bits per heavy atom. The third-order valence-electron chi connectivity index (χ3n) is 3.73. The number of halogens is 1. The highest BCUT2D eigenvalue weighted by molar-refractivity contribution is 6.62. The molecule has 0 aromatic heterocycles. The number of nitrogens with one attached hydrogen (secondary N) is 1. The summed E-state index contributed by atoms with van der Waals surface area (Å²) in [5, 5.41) is 3.75. The highest BCUT2D eigenvalue weighted by Crippen LogP contribution is 2.36. The molecule has 1 N–H and O–H groups in total. The fraction of sp³-hybridized carbons (Fsp3) is 0.538. The van der Waals surface area contributed by atoms with Crippen molar-refractivity contribution in [3.8, 4) is 0 Å². The molecule has 0 radical (unpaired) electrons. The van der Waals surface area contributed by atoms with E-state index in [1.165, 1.54) is 0 Å². The quantitative estimate of drug-likeness (QED) is 0.836. The van der Waals surface area contributed by atoms with Crippen molar-refractivity contribution in [3.63, 3.8) is 0 Å². The third kappa shape index (κ3) is 2.37. The summed E-state index contributed by atoms with van der Waals surface area (Å²) in [5.74, 6) is 0. The molecule has 0 saturated carbocycles. The lowest BCUT2D eigenvalue weighted by Gasteiger charge is -2.32. The third-order valence-corrected chi connectivity index (χ3v) is 3.95. The predicted octanol–water partition coefficient (Wildman–Crippen LogP) is 2.68. The monoisotopic (exact) mass is 267 g/mol. The van der Waals surface area contributed by atoms with Gasteiger partial charge in [-0.25, -0.2) is 0 Å². The highest BCUT2D eigenvalue weighted by atomic mass is 35.5. The zero-order valence-corrected chi connectivity index (χ0v) is 12.3. The van der Waals surface area contributed by atoms with Crippen LogP contribution in [0, 0.1) is 0 Å². The summed E-state index contributed by atoms with van der Waals surface area (Å²) >= 11 is 6.10. The minimum atomic E-state index is -0.374. The second-order valence-corrected chi connectivity index (χ2v) is 6.05. The summed E-state index contributed by atoms with van der Waals surface area (Å²) < 4.78 is 12.0. The standard InChI is InChI=1S/C13H19BClNO2/c1-12(2)13(3,4)18-14(17-12)9-6-10(15)8-11(7-9)16-5/h6-8,16H,1-5H3. The molecule has 0 amide bonds. The summed E-state index contributed by atoms with van der Waals surface area (Å²) in [5.41, 5.74) is 1.22. The van der Waals surface area contributed by atoms with Gasteiger partial charge in [0.15, 0.2) is 0 Å². The van der Waals surface area contributed by atoms with Gasteiger partial charge in [0.2, 0.25) is 0 Å². The van der Waals surface area contributed by atoms with E-state index >= 15 is 0 Å². The zero-order valence-electron chi connectivity index (χ0n) is 11.5. The van der Waals surface area contributed by atoms with E-state index < -0.39 is 0 Å². The summed E-state index contributed by atoms with van der Waals surface area (Å²) in [7, 11) is 1.49. The van der Waals surface area contributed by atoms with E-state index in [9.17, 15) is 0 Å². The van der Waals surface area contributed by atoms with Gasteiger partial charge in [0.1, 0.15) is 0 Å². The molecule has 0 bridgehead atoms. The van der Waals surface area contributed by atoms with E-state index in [-0.39, 0.29) is 18.3 Å². The Morgan fingerprint density at radius 1 is 1.06 bits per heavy atom. The van der Waals surface area contributed by atoms with Crippen LogP contribution in [0.5, 0.6) is 0 Å². The maximum Gasteiger partial charge on any atom is 0.494 e. The molecule has 1 aliphatic rings. The van der Waals surface area contributed by atoms with Crippen molar-refractivity contribution in [2.45, 2.75) is 38.9 Å². The summed E-state index contributed by atoms with van der Waals surface area (Å²) in [6, 6.07) is 5.74. The normalized spacial score (nSPS) is 21.1. The molecule has 1 fully saturated rings. The lowest BCUT2D eigenvalue weighted by molar-refractivity contribution is 0.00578. The number of hydrogen-bond donors (Lipinski definition) is 1. The molecular formula is C13H19BClNO2. The Kier molecular flexibility index (Phi) is 3.39. The van der Waals surface area contributed by atoms with Gasteiger partial charge in [0, 0.05) is 17.8 Å².